The highest BCUT2D eigenvalue weighted by Gasteiger charge is 2.08. The molecular formula is C21H21IN2. The third-order valence-corrected chi connectivity index (χ3v) is 4.99. The Labute approximate surface area is 157 Å². The van der Waals surface area contributed by atoms with Crippen LogP contribution in [0.15, 0.2) is 60.9 Å². The van der Waals surface area contributed by atoms with Crippen molar-refractivity contribution < 1.29 is 0 Å². The maximum Gasteiger partial charge on any atom is 0.160 e. The fourth-order valence-electron chi connectivity index (χ4n) is 2.72. The third kappa shape index (κ3) is 4.20. The summed E-state index contributed by atoms with van der Waals surface area (Å²) in [5, 5.41) is 0. The molecule has 0 saturated carbocycles. The maximum atomic E-state index is 4.58. The predicted molar refractivity (Wildman–Crippen MR) is 109 cm³/mol. The van der Waals surface area contributed by atoms with Crippen molar-refractivity contribution in [3.8, 4) is 22.5 Å². The average Bonchev–Trinajstić information content (AvgIpc) is 2.63. The zero-order valence-electron chi connectivity index (χ0n) is 13.9. The van der Waals surface area contributed by atoms with Gasteiger partial charge < -0.3 is 0 Å². The first kappa shape index (κ1) is 17.1. The van der Waals surface area contributed by atoms with Gasteiger partial charge in [-0.1, -0.05) is 56.2 Å². The highest BCUT2D eigenvalue weighted by Crippen LogP contribution is 2.25. The Bertz CT molecular complexity index is 783. The summed E-state index contributed by atoms with van der Waals surface area (Å²) in [7, 11) is 0. The molecule has 0 radical (unpaired) electrons. The van der Waals surface area contributed by atoms with E-state index in [1.807, 2.05) is 30.6 Å². The average molecular weight is 428 g/mol. The van der Waals surface area contributed by atoms with Gasteiger partial charge in [-0.05, 0) is 58.7 Å². The Balaban J connectivity index is 1.79. The van der Waals surface area contributed by atoms with Crippen molar-refractivity contribution in [1.82, 2.24) is 9.97 Å². The van der Waals surface area contributed by atoms with E-state index in [0.717, 1.165) is 28.9 Å². The van der Waals surface area contributed by atoms with Crippen LogP contribution in [0.1, 0.15) is 31.7 Å². The fourth-order valence-corrected chi connectivity index (χ4v) is 3.54. The molecule has 1 heterocycles. The lowest BCUT2D eigenvalue weighted by atomic mass is 10.0. The lowest BCUT2D eigenvalue weighted by Gasteiger charge is -2.07. The number of hydrogen-bond acceptors (Lipinski definition) is 2. The van der Waals surface area contributed by atoms with Crippen molar-refractivity contribution in [3.63, 3.8) is 0 Å². The molecule has 122 valence electrons. The molecule has 2 nitrogen and oxygen atoms in total. The van der Waals surface area contributed by atoms with E-state index >= 15 is 0 Å². The summed E-state index contributed by atoms with van der Waals surface area (Å²) >= 11 is 2.39. The summed E-state index contributed by atoms with van der Waals surface area (Å²) < 4.78 is 1.22. The Morgan fingerprint density at radius 3 is 2.29 bits per heavy atom. The van der Waals surface area contributed by atoms with Crippen LogP contribution in [0.4, 0.5) is 0 Å². The number of unbranched alkanes of at least 4 members (excludes halogenated alkanes) is 2. The zero-order chi connectivity index (χ0) is 16.8. The van der Waals surface area contributed by atoms with Crippen molar-refractivity contribution in [2.24, 2.45) is 0 Å². The van der Waals surface area contributed by atoms with E-state index in [2.05, 4.69) is 69.8 Å². The van der Waals surface area contributed by atoms with Crippen LogP contribution < -0.4 is 0 Å². The van der Waals surface area contributed by atoms with E-state index in [1.54, 1.807) is 0 Å². The van der Waals surface area contributed by atoms with E-state index in [1.165, 1.54) is 28.4 Å². The van der Waals surface area contributed by atoms with Crippen molar-refractivity contribution in [1.29, 1.82) is 0 Å². The largest absolute Gasteiger partial charge is 0.236 e. The van der Waals surface area contributed by atoms with Crippen LogP contribution in [-0.4, -0.2) is 9.97 Å². The SMILES string of the molecule is CCCCCc1ccc(-c2ncc(-c3ccccc3)cn2)c(I)c1. The minimum absolute atomic E-state index is 0.791. The summed E-state index contributed by atoms with van der Waals surface area (Å²) in [6.07, 6.45) is 8.77. The standard InChI is InChI=1S/C21H21IN2/c1-2-3-5-8-16-11-12-19(20(22)13-16)21-23-14-18(15-24-21)17-9-6-4-7-10-17/h4,6-7,9-15H,2-3,5,8H2,1H3. The molecule has 0 unspecified atom stereocenters. The van der Waals surface area contributed by atoms with Crippen LogP contribution in [0.3, 0.4) is 0 Å². The first-order valence-electron chi connectivity index (χ1n) is 8.44. The number of aryl methyl sites for hydroxylation is 1. The molecule has 3 heteroatoms. The molecule has 0 N–H and O–H groups in total. The van der Waals surface area contributed by atoms with Gasteiger partial charge in [-0.15, -0.1) is 0 Å². The first-order valence-corrected chi connectivity index (χ1v) is 9.52. The Kier molecular flexibility index (Phi) is 5.96. The van der Waals surface area contributed by atoms with E-state index < -0.39 is 0 Å². The normalized spacial score (nSPS) is 10.8. The van der Waals surface area contributed by atoms with Crippen molar-refractivity contribution in [2.75, 3.05) is 0 Å². The second kappa shape index (κ2) is 8.38. The first-order chi connectivity index (χ1) is 11.8. The molecule has 3 rings (SSSR count). The van der Waals surface area contributed by atoms with Gasteiger partial charge in [0.05, 0.1) is 0 Å². The van der Waals surface area contributed by atoms with Gasteiger partial charge in [0.25, 0.3) is 0 Å². The van der Waals surface area contributed by atoms with Gasteiger partial charge >= 0.3 is 0 Å². The van der Waals surface area contributed by atoms with Crippen molar-refractivity contribution in [2.45, 2.75) is 32.6 Å². The van der Waals surface area contributed by atoms with Gasteiger partial charge in [0, 0.05) is 27.1 Å². The minimum atomic E-state index is 0.791. The summed E-state index contributed by atoms with van der Waals surface area (Å²) in [4.78, 5) is 9.15. The Hall–Kier alpha value is -1.75. The Morgan fingerprint density at radius 1 is 0.875 bits per heavy atom. The van der Waals surface area contributed by atoms with Gasteiger partial charge in [-0.3, -0.25) is 0 Å². The van der Waals surface area contributed by atoms with Crippen LogP contribution in [0, 0.1) is 3.57 Å². The molecule has 0 saturated heterocycles. The van der Waals surface area contributed by atoms with Crippen LogP contribution >= 0.6 is 22.6 Å². The van der Waals surface area contributed by atoms with Gasteiger partial charge in [-0.2, -0.15) is 0 Å². The third-order valence-electron chi connectivity index (χ3n) is 4.10. The number of rotatable bonds is 6. The van der Waals surface area contributed by atoms with Gasteiger partial charge in [0.2, 0.25) is 0 Å². The molecular weight excluding hydrogens is 407 g/mol. The summed E-state index contributed by atoms with van der Waals surface area (Å²) in [5.74, 6) is 0.791. The molecule has 0 bridgehead atoms. The number of aromatic nitrogens is 2. The minimum Gasteiger partial charge on any atom is -0.236 e. The zero-order valence-corrected chi connectivity index (χ0v) is 16.0. The Morgan fingerprint density at radius 2 is 1.62 bits per heavy atom. The molecule has 2 aromatic carbocycles. The van der Waals surface area contributed by atoms with E-state index in [-0.39, 0.29) is 0 Å². The lowest BCUT2D eigenvalue weighted by molar-refractivity contribution is 0.717. The highest BCUT2D eigenvalue weighted by molar-refractivity contribution is 14.1. The van der Waals surface area contributed by atoms with Crippen molar-refractivity contribution >= 4 is 22.6 Å². The molecule has 0 aliphatic rings. The molecule has 1 aromatic heterocycles. The number of nitrogens with zero attached hydrogens (tertiary/aromatic N) is 2. The number of halogens is 1. The lowest BCUT2D eigenvalue weighted by Crippen LogP contribution is -1.94. The predicted octanol–water partition coefficient (Wildman–Crippen LogP) is 6.15. The van der Waals surface area contributed by atoms with Crippen LogP contribution in [0.5, 0.6) is 0 Å². The van der Waals surface area contributed by atoms with Gasteiger partial charge in [-0.25, -0.2) is 9.97 Å². The quantitative estimate of drug-likeness (QED) is 0.348. The van der Waals surface area contributed by atoms with Crippen LogP contribution in [0.2, 0.25) is 0 Å². The molecule has 24 heavy (non-hydrogen) atoms. The second-order valence-corrected chi connectivity index (χ2v) is 7.09. The number of hydrogen-bond donors (Lipinski definition) is 0. The van der Waals surface area contributed by atoms with Gasteiger partial charge in [0.15, 0.2) is 5.82 Å². The highest BCUT2D eigenvalue weighted by atomic mass is 127. The molecule has 0 atom stereocenters. The summed E-state index contributed by atoms with van der Waals surface area (Å²) in [5.41, 5.74) is 4.70. The summed E-state index contributed by atoms with van der Waals surface area (Å²) in [6, 6.07) is 16.9. The maximum absolute atomic E-state index is 4.58. The monoisotopic (exact) mass is 428 g/mol. The fraction of sp³-hybridized carbons (Fsp3) is 0.238. The smallest absolute Gasteiger partial charge is 0.160 e. The van der Waals surface area contributed by atoms with Crippen LogP contribution in [0.25, 0.3) is 22.5 Å². The van der Waals surface area contributed by atoms with Gasteiger partial charge in [0.1, 0.15) is 0 Å². The molecule has 0 aliphatic heterocycles. The molecule has 0 fully saturated rings. The molecule has 0 amide bonds. The van der Waals surface area contributed by atoms with E-state index in [9.17, 15) is 0 Å². The topological polar surface area (TPSA) is 25.8 Å². The molecule has 3 aromatic rings. The van der Waals surface area contributed by atoms with E-state index in [0.29, 0.717) is 0 Å². The second-order valence-electron chi connectivity index (χ2n) is 5.93. The van der Waals surface area contributed by atoms with Crippen LogP contribution in [-0.2, 0) is 6.42 Å². The molecule has 0 aliphatic carbocycles. The van der Waals surface area contributed by atoms with E-state index in [4.69, 9.17) is 0 Å². The summed E-state index contributed by atoms with van der Waals surface area (Å²) in [6.45, 7) is 2.24. The number of benzene rings is 2. The van der Waals surface area contributed by atoms with Crippen molar-refractivity contribution in [3.05, 3.63) is 70.1 Å². The molecule has 0 spiro atoms.